The highest BCUT2D eigenvalue weighted by Gasteiger charge is 2.08. The number of hydrogen-bond acceptors (Lipinski definition) is 5. The molecule has 0 aromatic heterocycles. The molecule has 2 aromatic carbocycles. The second kappa shape index (κ2) is 9.69. The normalized spacial score (nSPS) is 10.3. The van der Waals surface area contributed by atoms with Crippen LogP contribution in [0.4, 0.5) is 0 Å². The van der Waals surface area contributed by atoms with E-state index < -0.39 is 5.97 Å². The number of carbonyl (C=O) groups excluding carboxylic acids is 2. The van der Waals surface area contributed by atoms with Gasteiger partial charge in [-0.3, -0.25) is 4.79 Å². The molecular formula is C22H24O5. The predicted molar refractivity (Wildman–Crippen MR) is 104 cm³/mol. The summed E-state index contributed by atoms with van der Waals surface area (Å²) in [4.78, 5) is 22.7. The van der Waals surface area contributed by atoms with Crippen LogP contribution >= 0.6 is 0 Å². The minimum absolute atomic E-state index is 0.0396. The number of methoxy groups -OCH3 is 1. The molecule has 5 nitrogen and oxygen atoms in total. The molecule has 0 radical (unpaired) electrons. The van der Waals surface area contributed by atoms with Gasteiger partial charge in [-0.2, -0.15) is 0 Å². The Morgan fingerprint density at radius 2 is 1.63 bits per heavy atom. The standard InChI is InChI=1S/C22H24O5/c1-15(2)22(24)27-12-11-26-14-20-13-19(9-10-21(20)25-4)18-7-5-17(6-8-18)16(3)23/h5-10,13H,1,11-12,14H2,2-4H3. The lowest BCUT2D eigenvalue weighted by Crippen LogP contribution is -2.11. The van der Waals surface area contributed by atoms with Crippen LogP contribution in [0, 0.1) is 0 Å². The molecule has 0 bridgehead atoms. The van der Waals surface area contributed by atoms with Gasteiger partial charge in [0.1, 0.15) is 12.4 Å². The average Bonchev–Trinajstić information content (AvgIpc) is 2.67. The fraction of sp³-hybridized carbons (Fsp3) is 0.273. The van der Waals surface area contributed by atoms with Gasteiger partial charge < -0.3 is 14.2 Å². The van der Waals surface area contributed by atoms with Crippen molar-refractivity contribution in [2.45, 2.75) is 20.5 Å². The number of benzene rings is 2. The summed E-state index contributed by atoms with van der Waals surface area (Å²) < 4.78 is 16.0. The number of Topliss-reactive ketones (excluding diaryl/α,β-unsaturated/α-hetero) is 1. The number of esters is 1. The molecule has 27 heavy (non-hydrogen) atoms. The molecule has 0 fully saturated rings. The molecule has 0 N–H and O–H groups in total. The lowest BCUT2D eigenvalue weighted by atomic mass is 10.0. The lowest BCUT2D eigenvalue weighted by Gasteiger charge is -2.12. The molecule has 0 aliphatic rings. The Morgan fingerprint density at radius 3 is 2.22 bits per heavy atom. The van der Waals surface area contributed by atoms with E-state index in [2.05, 4.69) is 6.58 Å². The van der Waals surface area contributed by atoms with Gasteiger partial charge in [0.2, 0.25) is 0 Å². The lowest BCUT2D eigenvalue weighted by molar-refractivity contribution is -0.140. The molecule has 0 saturated carbocycles. The first kappa shape index (κ1) is 20.4. The van der Waals surface area contributed by atoms with Crippen LogP contribution in [0.15, 0.2) is 54.6 Å². The smallest absolute Gasteiger partial charge is 0.333 e. The minimum atomic E-state index is -0.424. The maximum Gasteiger partial charge on any atom is 0.333 e. The van der Waals surface area contributed by atoms with Gasteiger partial charge in [-0.25, -0.2) is 4.79 Å². The van der Waals surface area contributed by atoms with Crippen molar-refractivity contribution in [3.8, 4) is 16.9 Å². The maximum absolute atomic E-state index is 11.4. The third-order valence-corrected chi connectivity index (χ3v) is 3.97. The summed E-state index contributed by atoms with van der Waals surface area (Å²) in [5, 5.41) is 0. The summed E-state index contributed by atoms with van der Waals surface area (Å²) >= 11 is 0. The third kappa shape index (κ3) is 5.79. The highest BCUT2D eigenvalue weighted by Crippen LogP contribution is 2.27. The van der Waals surface area contributed by atoms with Crippen LogP contribution in [0.5, 0.6) is 5.75 Å². The molecular weight excluding hydrogens is 344 g/mol. The van der Waals surface area contributed by atoms with E-state index in [1.165, 1.54) is 0 Å². The fourth-order valence-electron chi connectivity index (χ4n) is 2.47. The Hall–Kier alpha value is -2.92. The SMILES string of the molecule is C=C(C)C(=O)OCCOCc1cc(-c2ccc(C(C)=O)cc2)ccc1OC. The number of ketones is 1. The summed E-state index contributed by atoms with van der Waals surface area (Å²) in [7, 11) is 1.61. The van der Waals surface area contributed by atoms with E-state index in [0.29, 0.717) is 17.7 Å². The van der Waals surface area contributed by atoms with Crippen LogP contribution in [0.3, 0.4) is 0 Å². The van der Waals surface area contributed by atoms with Crippen LogP contribution in [-0.4, -0.2) is 32.1 Å². The Bertz CT molecular complexity index is 821. The second-order valence-electron chi connectivity index (χ2n) is 6.13. The van der Waals surface area contributed by atoms with Crippen molar-refractivity contribution in [2.75, 3.05) is 20.3 Å². The highest BCUT2D eigenvalue weighted by molar-refractivity contribution is 5.94. The van der Waals surface area contributed by atoms with Crippen molar-refractivity contribution in [3.05, 3.63) is 65.7 Å². The number of rotatable bonds is 9. The molecule has 0 spiro atoms. The van der Waals surface area contributed by atoms with Gasteiger partial charge in [0.05, 0.1) is 20.3 Å². The summed E-state index contributed by atoms with van der Waals surface area (Å²) in [6.07, 6.45) is 0. The van der Waals surface area contributed by atoms with Gasteiger partial charge in [0.15, 0.2) is 5.78 Å². The molecule has 2 aromatic rings. The fourth-order valence-corrected chi connectivity index (χ4v) is 2.47. The van der Waals surface area contributed by atoms with E-state index in [0.717, 1.165) is 22.4 Å². The van der Waals surface area contributed by atoms with Gasteiger partial charge in [-0.1, -0.05) is 36.9 Å². The maximum atomic E-state index is 11.4. The van der Waals surface area contributed by atoms with Crippen molar-refractivity contribution in [3.63, 3.8) is 0 Å². The molecule has 5 heteroatoms. The summed E-state index contributed by atoms with van der Waals surface area (Å²) in [6.45, 7) is 7.44. The Balaban J connectivity index is 2.03. The van der Waals surface area contributed by atoms with Gasteiger partial charge in [-0.05, 0) is 37.1 Å². The first-order valence-corrected chi connectivity index (χ1v) is 8.61. The zero-order valence-corrected chi connectivity index (χ0v) is 15.9. The molecule has 0 amide bonds. The topological polar surface area (TPSA) is 61.8 Å². The van der Waals surface area contributed by atoms with Crippen molar-refractivity contribution < 1.29 is 23.8 Å². The quantitative estimate of drug-likeness (QED) is 0.287. The zero-order chi connectivity index (χ0) is 19.8. The van der Waals surface area contributed by atoms with Crippen LogP contribution in [0.25, 0.3) is 11.1 Å². The third-order valence-electron chi connectivity index (χ3n) is 3.97. The number of ether oxygens (including phenoxy) is 3. The Kier molecular flexibility index (Phi) is 7.32. The van der Waals surface area contributed by atoms with E-state index in [1.54, 1.807) is 21.0 Å². The Morgan fingerprint density at radius 1 is 0.963 bits per heavy atom. The second-order valence-corrected chi connectivity index (χ2v) is 6.13. The summed E-state index contributed by atoms with van der Waals surface area (Å²) in [5.74, 6) is 0.336. The molecule has 0 aliphatic heterocycles. The molecule has 0 aliphatic carbocycles. The van der Waals surface area contributed by atoms with Crippen molar-refractivity contribution >= 4 is 11.8 Å². The summed E-state index contributed by atoms with van der Waals surface area (Å²) in [6, 6.07) is 13.3. The predicted octanol–water partition coefficient (Wildman–Crippen LogP) is 4.20. The first-order valence-electron chi connectivity index (χ1n) is 8.61. The van der Waals surface area contributed by atoms with E-state index in [1.807, 2.05) is 42.5 Å². The number of carbonyl (C=O) groups is 2. The molecule has 0 atom stereocenters. The van der Waals surface area contributed by atoms with Crippen molar-refractivity contribution in [1.82, 2.24) is 0 Å². The van der Waals surface area contributed by atoms with Crippen LogP contribution in [0.2, 0.25) is 0 Å². The average molecular weight is 368 g/mol. The van der Waals surface area contributed by atoms with Crippen LogP contribution in [-0.2, 0) is 20.9 Å². The molecule has 0 saturated heterocycles. The van der Waals surface area contributed by atoms with Gasteiger partial charge in [-0.15, -0.1) is 0 Å². The first-order chi connectivity index (χ1) is 12.9. The summed E-state index contributed by atoms with van der Waals surface area (Å²) in [5.41, 5.74) is 3.93. The monoisotopic (exact) mass is 368 g/mol. The van der Waals surface area contributed by atoms with E-state index in [9.17, 15) is 9.59 Å². The molecule has 0 unspecified atom stereocenters. The van der Waals surface area contributed by atoms with Gasteiger partial charge >= 0.3 is 5.97 Å². The van der Waals surface area contributed by atoms with E-state index >= 15 is 0 Å². The highest BCUT2D eigenvalue weighted by atomic mass is 16.6. The van der Waals surface area contributed by atoms with Crippen LogP contribution in [0.1, 0.15) is 29.8 Å². The van der Waals surface area contributed by atoms with Crippen molar-refractivity contribution in [1.29, 1.82) is 0 Å². The number of hydrogen-bond donors (Lipinski definition) is 0. The minimum Gasteiger partial charge on any atom is -0.496 e. The van der Waals surface area contributed by atoms with Gasteiger partial charge in [0, 0.05) is 16.7 Å². The zero-order valence-electron chi connectivity index (χ0n) is 15.9. The molecule has 142 valence electrons. The molecule has 0 heterocycles. The van der Waals surface area contributed by atoms with Crippen LogP contribution < -0.4 is 4.74 Å². The van der Waals surface area contributed by atoms with E-state index in [-0.39, 0.29) is 19.0 Å². The molecule has 2 rings (SSSR count). The van der Waals surface area contributed by atoms with Crippen molar-refractivity contribution in [2.24, 2.45) is 0 Å². The Labute approximate surface area is 159 Å². The van der Waals surface area contributed by atoms with E-state index in [4.69, 9.17) is 14.2 Å². The van der Waals surface area contributed by atoms with Gasteiger partial charge in [0.25, 0.3) is 0 Å². The largest absolute Gasteiger partial charge is 0.496 e.